The van der Waals surface area contributed by atoms with Crippen LogP contribution in [0.1, 0.15) is 30.0 Å². The number of piperidine rings is 1. The molecule has 0 atom stereocenters. The molecule has 1 aliphatic carbocycles. The molecule has 0 spiro atoms. The number of nitrogens with one attached hydrogen (secondary N) is 1. The molecular weight excluding hydrogens is 286 g/mol. The van der Waals surface area contributed by atoms with Gasteiger partial charge < -0.3 is 9.64 Å². The highest BCUT2D eigenvalue weighted by atomic mass is 16.5. The lowest BCUT2D eigenvalue weighted by atomic mass is 9.93. The first-order valence-corrected chi connectivity index (χ1v) is 8.40. The van der Waals surface area contributed by atoms with Crippen molar-refractivity contribution < 1.29 is 14.4 Å². The number of hydrogen-bond donors (Lipinski definition) is 1. The van der Waals surface area contributed by atoms with Gasteiger partial charge in [-0.1, -0.05) is 48.5 Å². The first-order chi connectivity index (χ1) is 11.3. The minimum Gasteiger partial charge on any atom is -0.469 e. The van der Waals surface area contributed by atoms with Crippen molar-refractivity contribution in [3.8, 4) is 11.1 Å². The van der Waals surface area contributed by atoms with E-state index in [1.54, 1.807) is 4.90 Å². The summed E-state index contributed by atoms with van der Waals surface area (Å²) in [4.78, 5) is 13.3. The molecule has 1 saturated heterocycles. The molecule has 0 bridgehead atoms. The van der Waals surface area contributed by atoms with Crippen LogP contribution < -0.4 is 4.90 Å². The second-order valence-electron chi connectivity index (χ2n) is 6.56. The fourth-order valence-corrected chi connectivity index (χ4v) is 4.28. The maximum Gasteiger partial charge on any atom is 0.309 e. The fourth-order valence-electron chi connectivity index (χ4n) is 4.28. The van der Waals surface area contributed by atoms with Crippen LogP contribution >= 0.6 is 0 Å². The summed E-state index contributed by atoms with van der Waals surface area (Å²) in [5.74, 6) is 0.0342. The minimum atomic E-state index is -0.0451. The molecule has 3 nitrogen and oxygen atoms in total. The SMILES string of the molecule is COC(=O)C1CC[NH+](C2c3ccccc3-c3ccccc32)CC1. The normalized spacial score (nSPS) is 23.2. The van der Waals surface area contributed by atoms with Crippen molar-refractivity contribution in [3.05, 3.63) is 59.7 Å². The van der Waals surface area contributed by atoms with Crippen molar-refractivity contribution in [2.24, 2.45) is 5.92 Å². The molecule has 118 valence electrons. The van der Waals surface area contributed by atoms with Crippen LogP contribution in [0.3, 0.4) is 0 Å². The number of carbonyl (C=O) groups is 1. The Morgan fingerprint density at radius 2 is 1.48 bits per heavy atom. The van der Waals surface area contributed by atoms with E-state index in [0.717, 1.165) is 25.9 Å². The summed E-state index contributed by atoms with van der Waals surface area (Å²) >= 11 is 0. The topological polar surface area (TPSA) is 30.7 Å². The quantitative estimate of drug-likeness (QED) is 0.863. The average Bonchev–Trinajstić information content (AvgIpc) is 2.96. The van der Waals surface area contributed by atoms with E-state index in [4.69, 9.17) is 4.74 Å². The van der Waals surface area contributed by atoms with Gasteiger partial charge in [-0.15, -0.1) is 0 Å². The lowest BCUT2D eigenvalue weighted by Gasteiger charge is -2.33. The van der Waals surface area contributed by atoms with E-state index in [9.17, 15) is 4.79 Å². The van der Waals surface area contributed by atoms with Crippen molar-refractivity contribution in [1.82, 2.24) is 0 Å². The summed E-state index contributed by atoms with van der Waals surface area (Å²) < 4.78 is 4.91. The zero-order chi connectivity index (χ0) is 15.8. The van der Waals surface area contributed by atoms with E-state index in [1.165, 1.54) is 29.4 Å². The molecule has 3 heteroatoms. The Morgan fingerprint density at radius 3 is 2.00 bits per heavy atom. The van der Waals surface area contributed by atoms with Gasteiger partial charge in [0.15, 0.2) is 0 Å². The molecule has 0 aromatic heterocycles. The third-order valence-corrected chi connectivity index (χ3v) is 5.40. The molecule has 2 aromatic carbocycles. The number of quaternary nitrogens is 1. The van der Waals surface area contributed by atoms with Gasteiger partial charge in [0.05, 0.1) is 26.1 Å². The van der Waals surface area contributed by atoms with Crippen LogP contribution in [0.4, 0.5) is 0 Å². The van der Waals surface area contributed by atoms with Crippen LogP contribution in [0.15, 0.2) is 48.5 Å². The Kier molecular flexibility index (Phi) is 3.66. The Morgan fingerprint density at radius 1 is 0.957 bits per heavy atom. The standard InChI is InChI=1S/C20H21NO2/c1-23-20(22)14-10-12-21(13-11-14)19-17-8-4-2-6-15(17)16-7-3-5-9-18(16)19/h2-9,14,19H,10-13H2,1H3/p+1. The highest BCUT2D eigenvalue weighted by Gasteiger charge is 2.38. The van der Waals surface area contributed by atoms with Gasteiger partial charge in [-0.3, -0.25) is 4.79 Å². The van der Waals surface area contributed by atoms with Gasteiger partial charge in [0.25, 0.3) is 0 Å². The predicted octanol–water partition coefficient (Wildman–Crippen LogP) is 2.22. The molecule has 0 amide bonds. The third-order valence-electron chi connectivity index (χ3n) is 5.40. The zero-order valence-electron chi connectivity index (χ0n) is 13.4. The first-order valence-electron chi connectivity index (χ1n) is 8.40. The van der Waals surface area contributed by atoms with Gasteiger partial charge in [0.2, 0.25) is 0 Å². The van der Waals surface area contributed by atoms with Gasteiger partial charge in [-0.2, -0.15) is 0 Å². The molecular formula is C20H22NO2+. The number of esters is 1. The van der Waals surface area contributed by atoms with E-state index in [0.29, 0.717) is 6.04 Å². The number of carbonyl (C=O) groups excluding carboxylic acids is 1. The van der Waals surface area contributed by atoms with Crippen LogP contribution in [-0.4, -0.2) is 26.2 Å². The number of likely N-dealkylation sites (tertiary alicyclic amines) is 1. The number of rotatable bonds is 2. The second kappa shape index (κ2) is 5.82. The van der Waals surface area contributed by atoms with Gasteiger partial charge in [-0.25, -0.2) is 0 Å². The van der Waals surface area contributed by atoms with Crippen LogP contribution in [0.2, 0.25) is 0 Å². The maximum atomic E-state index is 11.8. The van der Waals surface area contributed by atoms with Gasteiger partial charge in [0.1, 0.15) is 6.04 Å². The van der Waals surface area contributed by atoms with E-state index in [2.05, 4.69) is 48.5 Å². The Labute approximate surface area is 136 Å². The highest BCUT2D eigenvalue weighted by molar-refractivity contribution is 5.77. The smallest absolute Gasteiger partial charge is 0.309 e. The highest BCUT2D eigenvalue weighted by Crippen LogP contribution is 2.41. The van der Waals surface area contributed by atoms with E-state index in [1.807, 2.05) is 0 Å². The van der Waals surface area contributed by atoms with E-state index in [-0.39, 0.29) is 11.9 Å². The number of ether oxygens (including phenoxy) is 1. The van der Waals surface area contributed by atoms with E-state index >= 15 is 0 Å². The van der Waals surface area contributed by atoms with Crippen molar-refractivity contribution in [2.75, 3.05) is 20.2 Å². The van der Waals surface area contributed by atoms with Crippen molar-refractivity contribution in [3.63, 3.8) is 0 Å². The molecule has 2 aliphatic rings. The van der Waals surface area contributed by atoms with Gasteiger partial charge in [-0.05, 0) is 11.1 Å². The molecule has 4 rings (SSSR count). The van der Waals surface area contributed by atoms with Gasteiger partial charge in [0, 0.05) is 24.0 Å². The molecule has 1 fully saturated rings. The number of hydrogen-bond acceptors (Lipinski definition) is 2. The average molecular weight is 308 g/mol. The van der Waals surface area contributed by atoms with Crippen molar-refractivity contribution >= 4 is 5.97 Å². The summed E-state index contributed by atoms with van der Waals surface area (Å²) in [5.41, 5.74) is 5.60. The molecule has 23 heavy (non-hydrogen) atoms. The van der Waals surface area contributed by atoms with Crippen LogP contribution in [0.5, 0.6) is 0 Å². The minimum absolute atomic E-state index is 0.0451. The third kappa shape index (κ3) is 2.36. The Hall–Kier alpha value is -2.13. The summed E-state index contributed by atoms with van der Waals surface area (Å²) in [6.07, 6.45) is 1.84. The lowest BCUT2D eigenvalue weighted by molar-refractivity contribution is -0.930. The lowest BCUT2D eigenvalue weighted by Crippen LogP contribution is -3.13. The number of fused-ring (bicyclic) bond motifs is 3. The van der Waals surface area contributed by atoms with Crippen molar-refractivity contribution in [1.29, 1.82) is 0 Å². The summed E-state index contributed by atoms with van der Waals surface area (Å²) in [7, 11) is 1.49. The second-order valence-corrected chi connectivity index (χ2v) is 6.56. The largest absolute Gasteiger partial charge is 0.469 e. The number of methoxy groups -OCH3 is 1. The monoisotopic (exact) mass is 308 g/mol. The fraction of sp³-hybridized carbons (Fsp3) is 0.350. The summed E-state index contributed by atoms with van der Waals surface area (Å²) in [6, 6.07) is 17.9. The summed E-state index contributed by atoms with van der Waals surface area (Å²) in [6.45, 7) is 2.04. The van der Waals surface area contributed by atoms with Crippen molar-refractivity contribution in [2.45, 2.75) is 18.9 Å². The maximum absolute atomic E-state index is 11.8. The molecule has 1 heterocycles. The van der Waals surface area contributed by atoms with Crippen LogP contribution in [0, 0.1) is 5.92 Å². The molecule has 0 unspecified atom stereocenters. The zero-order valence-corrected chi connectivity index (χ0v) is 13.4. The van der Waals surface area contributed by atoms with Crippen LogP contribution in [0.25, 0.3) is 11.1 Å². The van der Waals surface area contributed by atoms with Crippen LogP contribution in [-0.2, 0) is 9.53 Å². The molecule has 2 aromatic rings. The molecule has 0 radical (unpaired) electrons. The Balaban J connectivity index is 1.64. The molecule has 0 saturated carbocycles. The summed E-state index contributed by atoms with van der Waals surface area (Å²) in [5, 5.41) is 0. The first kappa shape index (κ1) is 14.5. The predicted molar refractivity (Wildman–Crippen MR) is 89.2 cm³/mol. The van der Waals surface area contributed by atoms with Gasteiger partial charge >= 0.3 is 5.97 Å². The molecule has 1 aliphatic heterocycles. The molecule has 1 N–H and O–H groups in total. The Bertz CT molecular complexity index is 686. The van der Waals surface area contributed by atoms with E-state index < -0.39 is 0 Å². The number of benzene rings is 2.